The Morgan fingerprint density at radius 1 is 0.800 bits per heavy atom. The van der Waals surface area contributed by atoms with Gasteiger partial charge in [0.2, 0.25) is 7.59 Å². The van der Waals surface area contributed by atoms with Gasteiger partial charge in [-0.3, -0.25) is 0 Å². The van der Waals surface area contributed by atoms with Crippen LogP contribution < -0.4 is 0 Å². The second-order valence-corrected chi connectivity index (χ2v) is 6.18. The second kappa shape index (κ2) is 3.64. The van der Waals surface area contributed by atoms with Crippen molar-refractivity contribution in [3.63, 3.8) is 0 Å². The number of hydrogen-bond acceptors (Lipinski definition) is 0. The summed E-state index contributed by atoms with van der Waals surface area (Å²) in [6, 6.07) is 0. The Hall–Kier alpha value is 1.74. The van der Waals surface area contributed by atoms with Crippen molar-refractivity contribution in [2.24, 2.45) is 0 Å². The van der Waals surface area contributed by atoms with Gasteiger partial charge >= 0.3 is 0 Å². The Morgan fingerprint density at radius 3 is 1.00 bits per heavy atom. The van der Waals surface area contributed by atoms with Crippen LogP contribution in [-0.2, 0) is 0 Å². The molecule has 6 heteroatoms. The van der Waals surface area contributed by atoms with E-state index in [-0.39, 0.29) is 5.92 Å². The zero-order chi connectivity index (χ0) is 8.58. The fourth-order valence-electron chi connectivity index (χ4n) is 0.161. The van der Waals surface area contributed by atoms with Gasteiger partial charge in [-0.05, 0) is 0 Å². The quantitative estimate of drug-likeness (QED) is 0.571. The highest BCUT2D eigenvalue weighted by atomic mass is 35.6. The Kier molecular flexibility index (Phi) is 4.27. The zero-order valence-electron chi connectivity index (χ0n) is 4.77. The summed E-state index contributed by atoms with van der Waals surface area (Å²) in [5, 5.41) is 0. The van der Waals surface area contributed by atoms with Gasteiger partial charge in [-0.1, -0.05) is 76.5 Å². The molecule has 0 aromatic heterocycles. The maximum absolute atomic E-state index is 5.41. The van der Waals surface area contributed by atoms with Crippen molar-refractivity contribution in [1.82, 2.24) is 0 Å². The lowest BCUT2D eigenvalue weighted by molar-refractivity contribution is 0.931. The SMILES string of the molecule is C[C](C(Cl)(Cl)Cl)C(Cl)(Cl)Cl. The summed E-state index contributed by atoms with van der Waals surface area (Å²) in [5.41, 5.74) is 0. The Balaban J connectivity index is 4.23. The molecule has 0 aromatic rings. The minimum absolute atomic E-state index is 0.162. The minimum atomic E-state index is -1.62. The molecule has 0 fully saturated rings. The molecule has 0 heterocycles. The van der Waals surface area contributed by atoms with Crippen LogP contribution >= 0.6 is 69.6 Å². The predicted octanol–water partition coefficient (Wildman–Crippen LogP) is 4.32. The molecule has 0 spiro atoms. The third kappa shape index (κ3) is 3.94. The van der Waals surface area contributed by atoms with E-state index in [0.717, 1.165) is 0 Å². The molecule has 0 N–H and O–H groups in total. The normalized spacial score (nSPS) is 14.4. The van der Waals surface area contributed by atoms with Crippen molar-refractivity contribution in [3.8, 4) is 0 Å². The molecule has 0 aromatic carbocycles. The monoisotopic (exact) mass is 261 g/mol. The van der Waals surface area contributed by atoms with E-state index in [4.69, 9.17) is 69.6 Å². The molecule has 0 aliphatic heterocycles. The number of alkyl halides is 6. The lowest BCUT2D eigenvalue weighted by atomic mass is 10.2. The lowest BCUT2D eigenvalue weighted by Gasteiger charge is -2.25. The third-order valence-electron chi connectivity index (χ3n) is 0.850. The topological polar surface area (TPSA) is 0 Å². The first kappa shape index (κ1) is 11.7. The predicted molar refractivity (Wildman–Crippen MR) is 49.5 cm³/mol. The molecule has 1 radical (unpaired) electrons. The third-order valence-corrected chi connectivity index (χ3v) is 2.55. The Morgan fingerprint density at radius 2 is 1.00 bits per heavy atom. The summed E-state index contributed by atoms with van der Waals surface area (Å²) in [7, 11) is 0. The van der Waals surface area contributed by atoms with Gasteiger partial charge in [0, 0.05) is 0 Å². The molecule has 61 valence electrons. The molecule has 0 aliphatic rings. The van der Waals surface area contributed by atoms with Gasteiger partial charge in [0.1, 0.15) is 0 Å². The van der Waals surface area contributed by atoms with Crippen LogP contribution in [0.1, 0.15) is 6.92 Å². The van der Waals surface area contributed by atoms with Crippen LogP contribution in [0.4, 0.5) is 0 Å². The molecule has 0 unspecified atom stereocenters. The van der Waals surface area contributed by atoms with Crippen LogP contribution in [0.3, 0.4) is 0 Å². The largest absolute Gasteiger partial charge is 0.200 e. The lowest BCUT2D eigenvalue weighted by Crippen LogP contribution is -2.26. The van der Waals surface area contributed by atoms with E-state index in [1.807, 2.05) is 0 Å². The minimum Gasteiger partial charge on any atom is -0.0829 e. The molecular weight excluding hydrogens is 261 g/mol. The van der Waals surface area contributed by atoms with Crippen LogP contribution in [0, 0.1) is 5.92 Å². The summed E-state index contributed by atoms with van der Waals surface area (Å²) in [4.78, 5) is 0. The van der Waals surface area contributed by atoms with E-state index in [0.29, 0.717) is 0 Å². The summed E-state index contributed by atoms with van der Waals surface area (Å²) in [6.07, 6.45) is 0. The van der Waals surface area contributed by atoms with Crippen molar-refractivity contribution < 1.29 is 0 Å². The van der Waals surface area contributed by atoms with E-state index >= 15 is 0 Å². The van der Waals surface area contributed by atoms with E-state index in [9.17, 15) is 0 Å². The van der Waals surface area contributed by atoms with Crippen molar-refractivity contribution in [3.05, 3.63) is 5.92 Å². The number of hydrogen-bond donors (Lipinski definition) is 0. The van der Waals surface area contributed by atoms with Gasteiger partial charge in [0.25, 0.3) is 0 Å². The summed E-state index contributed by atoms with van der Waals surface area (Å²) in [5.74, 6) is 0.162. The summed E-state index contributed by atoms with van der Waals surface area (Å²) >= 11 is 32.5. The van der Waals surface area contributed by atoms with E-state index in [1.54, 1.807) is 0 Å². The van der Waals surface area contributed by atoms with Gasteiger partial charge in [-0.15, -0.1) is 0 Å². The van der Waals surface area contributed by atoms with Crippen LogP contribution in [0.15, 0.2) is 0 Å². The van der Waals surface area contributed by atoms with Crippen LogP contribution in [-0.4, -0.2) is 7.59 Å². The van der Waals surface area contributed by atoms with Crippen LogP contribution in [0.25, 0.3) is 0 Å². The van der Waals surface area contributed by atoms with E-state index in [2.05, 4.69) is 0 Å². The molecule has 0 saturated heterocycles. The fraction of sp³-hybridized carbons (Fsp3) is 0.750. The first-order chi connectivity index (χ1) is 4.15. The van der Waals surface area contributed by atoms with Crippen molar-refractivity contribution in [2.75, 3.05) is 0 Å². The maximum Gasteiger partial charge on any atom is 0.200 e. The summed E-state index contributed by atoms with van der Waals surface area (Å²) < 4.78 is -3.24. The first-order valence-corrected chi connectivity index (χ1v) is 4.40. The molecule has 0 aliphatic carbocycles. The Labute approximate surface area is 89.7 Å². The fourth-order valence-corrected chi connectivity index (χ4v) is 1.45. The standard InChI is InChI=1S/C4H3Cl6/c1-2(3(5,6)7)4(8,9)10/h1H3. The van der Waals surface area contributed by atoms with Crippen molar-refractivity contribution in [1.29, 1.82) is 0 Å². The summed E-state index contributed by atoms with van der Waals surface area (Å²) in [6.45, 7) is 1.46. The molecule has 0 saturated carbocycles. The molecule has 10 heavy (non-hydrogen) atoms. The molecule has 0 nitrogen and oxygen atoms in total. The average molecular weight is 264 g/mol. The van der Waals surface area contributed by atoms with Gasteiger partial charge in [0.05, 0.1) is 5.92 Å². The number of rotatable bonds is 0. The first-order valence-electron chi connectivity index (χ1n) is 2.13. The van der Waals surface area contributed by atoms with Gasteiger partial charge in [-0.2, -0.15) is 0 Å². The van der Waals surface area contributed by atoms with Crippen molar-refractivity contribution >= 4 is 69.6 Å². The Bertz CT molecular complexity index is 93.9. The molecule has 0 bridgehead atoms. The highest BCUT2D eigenvalue weighted by molar-refractivity contribution is 6.74. The smallest absolute Gasteiger partial charge is 0.0829 e. The molecule has 0 rings (SSSR count). The highest BCUT2D eigenvalue weighted by Crippen LogP contribution is 2.49. The highest BCUT2D eigenvalue weighted by Gasteiger charge is 2.43. The van der Waals surface area contributed by atoms with E-state index < -0.39 is 7.59 Å². The van der Waals surface area contributed by atoms with Crippen LogP contribution in [0.5, 0.6) is 0 Å². The average Bonchev–Trinajstić information content (AvgIpc) is 1.59. The molecular formula is C4H3Cl6. The maximum atomic E-state index is 5.41. The zero-order valence-corrected chi connectivity index (χ0v) is 9.30. The van der Waals surface area contributed by atoms with Gasteiger partial charge in [0.15, 0.2) is 0 Å². The second-order valence-electron chi connectivity index (χ2n) is 1.62. The molecule has 0 atom stereocenters. The van der Waals surface area contributed by atoms with Gasteiger partial charge in [-0.25, -0.2) is 0 Å². The van der Waals surface area contributed by atoms with Crippen molar-refractivity contribution in [2.45, 2.75) is 14.5 Å². The number of halogens is 6. The molecule has 0 amide bonds. The van der Waals surface area contributed by atoms with Crippen LogP contribution in [0.2, 0.25) is 0 Å². The van der Waals surface area contributed by atoms with Gasteiger partial charge < -0.3 is 0 Å². The van der Waals surface area contributed by atoms with E-state index in [1.165, 1.54) is 6.92 Å².